The standard InChI is InChI=1S/C11H10N2O8S/c14-10(15)5-8-11(16)21-6-12(8)22(19,20)9-4-2-1-3-7(9)13(17)18/h1-4,8H,5-6H2,(H,14,15)/t8-/m0/s1. The SMILES string of the molecule is O=C(O)C[C@H]1C(=O)OCN1S(=O)(=O)c1ccccc1[N+](=O)[O-]. The van der Waals surface area contributed by atoms with Crippen molar-refractivity contribution in [1.29, 1.82) is 0 Å². The second-order valence-corrected chi connectivity index (χ2v) is 6.18. The first kappa shape index (κ1) is 15.9. The molecule has 1 N–H and O–H groups in total. The van der Waals surface area contributed by atoms with Gasteiger partial charge in [-0.25, -0.2) is 8.42 Å². The number of carbonyl (C=O) groups excluding carboxylic acids is 1. The van der Waals surface area contributed by atoms with Crippen LogP contribution in [0.25, 0.3) is 0 Å². The average molecular weight is 330 g/mol. The third-order valence-corrected chi connectivity index (χ3v) is 4.85. The molecule has 1 aliphatic rings. The topological polar surface area (TPSA) is 144 Å². The van der Waals surface area contributed by atoms with Crippen molar-refractivity contribution in [3.05, 3.63) is 34.4 Å². The fourth-order valence-corrected chi connectivity index (χ4v) is 3.57. The minimum atomic E-state index is -4.46. The second-order valence-electron chi connectivity index (χ2n) is 4.32. The number of para-hydroxylation sites is 1. The summed E-state index contributed by atoms with van der Waals surface area (Å²) in [7, 11) is -4.46. The maximum absolute atomic E-state index is 12.5. The van der Waals surface area contributed by atoms with Gasteiger partial charge >= 0.3 is 11.9 Å². The quantitative estimate of drug-likeness (QED) is 0.449. The highest BCUT2D eigenvalue weighted by atomic mass is 32.2. The molecule has 1 atom stereocenters. The van der Waals surface area contributed by atoms with Crippen LogP contribution in [0.15, 0.2) is 29.2 Å². The van der Waals surface area contributed by atoms with E-state index in [1.165, 1.54) is 12.1 Å². The Morgan fingerprint density at radius 2 is 2.09 bits per heavy atom. The van der Waals surface area contributed by atoms with Crippen LogP contribution in [0.1, 0.15) is 6.42 Å². The van der Waals surface area contributed by atoms with Crippen LogP contribution in [-0.2, 0) is 24.3 Å². The zero-order chi connectivity index (χ0) is 16.5. The highest BCUT2D eigenvalue weighted by molar-refractivity contribution is 7.89. The van der Waals surface area contributed by atoms with E-state index in [9.17, 15) is 28.1 Å². The smallest absolute Gasteiger partial charge is 0.326 e. The van der Waals surface area contributed by atoms with Crippen LogP contribution in [0.5, 0.6) is 0 Å². The molecule has 1 aromatic carbocycles. The van der Waals surface area contributed by atoms with Gasteiger partial charge in [-0.3, -0.25) is 19.7 Å². The molecule has 11 heteroatoms. The summed E-state index contributed by atoms with van der Waals surface area (Å²) in [5, 5.41) is 19.7. The Bertz CT molecular complexity index is 744. The molecule has 1 heterocycles. The molecular weight excluding hydrogens is 320 g/mol. The van der Waals surface area contributed by atoms with Gasteiger partial charge in [-0.15, -0.1) is 4.31 Å². The third-order valence-electron chi connectivity index (χ3n) is 2.97. The molecule has 2 rings (SSSR count). The third kappa shape index (κ3) is 2.76. The first-order chi connectivity index (χ1) is 10.2. The maximum atomic E-state index is 12.5. The van der Waals surface area contributed by atoms with Gasteiger partial charge in [0.15, 0.2) is 11.6 Å². The van der Waals surface area contributed by atoms with E-state index in [2.05, 4.69) is 4.74 Å². The van der Waals surface area contributed by atoms with Crippen molar-refractivity contribution in [2.24, 2.45) is 0 Å². The largest absolute Gasteiger partial charge is 0.481 e. The van der Waals surface area contributed by atoms with Crippen LogP contribution in [0.2, 0.25) is 0 Å². The molecule has 0 spiro atoms. The van der Waals surface area contributed by atoms with Gasteiger partial charge in [-0.2, -0.15) is 0 Å². The number of esters is 1. The number of hydrogen-bond acceptors (Lipinski definition) is 7. The van der Waals surface area contributed by atoms with E-state index in [4.69, 9.17) is 5.11 Å². The zero-order valence-electron chi connectivity index (χ0n) is 10.9. The van der Waals surface area contributed by atoms with E-state index in [0.29, 0.717) is 4.31 Å². The van der Waals surface area contributed by atoms with Gasteiger partial charge in [0.25, 0.3) is 15.7 Å². The van der Waals surface area contributed by atoms with E-state index in [1.54, 1.807) is 0 Å². The van der Waals surface area contributed by atoms with Gasteiger partial charge in [-0.1, -0.05) is 12.1 Å². The van der Waals surface area contributed by atoms with Gasteiger partial charge in [0, 0.05) is 6.07 Å². The molecule has 1 fully saturated rings. The number of carboxylic acids is 1. The summed E-state index contributed by atoms with van der Waals surface area (Å²) in [4.78, 5) is 31.7. The molecule has 0 bridgehead atoms. The molecule has 0 radical (unpaired) electrons. The number of benzene rings is 1. The lowest BCUT2D eigenvalue weighted by molar-refractivity contribution is -0.387. The highest BCUT2D eigenvalue weighted by Gasteiger charge is 2.45. The number of cyclic esters (lactones) is 1. The zero-order valence-corrected chi connectivity index (χ0v) is 11.7. The van der Waals surface area contributed by atoms with Crippen LogP contribution in [0.4, 0.5) is 5.69 Å². The van der Waals surface area contributed by atoms with Crippen LogP contribution in [-0.4, -0.2) is 47.5 Å². The number of ether oxygens (including phenoxy) is 1. The fourth-order valence-electron chi connectivity index (χ4n) is 1.97. The van der Waals surface area contributed by atoms with Crippen LogP contribution in [0, 0.1) is 10.1 Å². The number of carbonyl (C=O) groups is 2. The first-order valence-corrected chi connectivity index (χ1v) is 7.33. The van der Waals surface area contributed by atoms with Gasteiger partial charge in [-0.05, 0) is 6.07 Å². The predicted octanol–water partition coefficient (Wildman–Crippen LogP) is -0.0569. The van der Waals surface area contributed by atoms with Crippen molar-refractivity contribution >= 4 is 27.6 Å². The summed E-state index contributed by atoms with van der Waals surface area (Å²) < 4.78 is 30.1. The van der Waals surface area contributed by atoms with E-state index in [0.717, 1.165) is 12.1 Å². The highest BCUT2D eigenvalue weighted by Crippen LogP contribution is 2.30. The Kier molecular flexibility index (Phi) is 4.10. The number of carboxylic acid groups (broad SMARTS) is 1. The molecule has 1 aromatic rings. The average Bonchev–Trinajstić information content (AvgIpc) is 2.80. The number of rotatable bonds is 5. The fraction of sp³-hybridized carbons (Fsp3) is 0.273. The summed E-state index contributed by atoms with van der Waals surface area (Å²) in [6.07, 6.45) is -0.793. The molecule has 1 saturated heterocycles. The Balaban J connectivity index is 2.48. The molecule has 10 nitrogen and oxygen atoms in total. The number of nitrogens with zero attached hydrogens (tertiary/aromatic N) is 2. The molecule has 0 saturated carbocycles. The lowest BCUT2D eigenvalue weighted by atomic mass is 10.2. The van der Waals surface area contributed by atoms with Crippen molar-refractivity contribution in [1.82, 2.24) is 4.31 Å². The number of nitro benzene ring substituents is 1. The van der Waals surface area contributed by atoms with Crippen molar-refractivity contribution in [3.63, 3.8) is 0 Å². The number of hydrogen-bond donors (Lipinski definition) is 1. The van der Waals surface area contributed by atoms with Gasteiger partial charge in [0.05, 0.1) is 11.3 Å². The van der Waals surface area contributed by atoms with E-state index >= 15 is 0 Å². The summed E-state index contributed by atoms with van der Waals surface area (Å²) in [5.74, 6) is -2.41. The predicted molar refractivity (Wildman–Crippen MR) is 69.1 cm³/mol. The minimum absolute atomic E-state index is 0.506. The lowest BCUT2D eigenvalue weighted by Crippen LogP contribution is -2.39. The number of nitro groups is 1. The first-order valence-electron chi connectivity index (χ1n) is 5.89. The maximum Gasteiger partial charge on any atom is 0.326 e. The molecular formula is C11H10N2O8S. The molecule has 0 unspecified atom stereocenters. The number of aliphatic carboxylic acids is 1. The number of sulfonamides is 1. The van der Waals surface area contributed by atoms with Crippen molar-refractivity contribution in [2.45, 2.75) is 17.4 Å². The summed E-state index contributed by atoms with van der Waals surface area (Å²) in [5.41, 5.74) is -0.670. The van der Waals surface area contributed by atoms with Crippen LogP contribution >= 0.6 is 0 Å². The van der Waals surface area contributed by atoms with Crippen LogP contribution in [0.3, 0.4) is 0 Å². The summed E-state index contributed by atoms with van der Waals surface area (Å²) >= 11 is 0. The summed E-state index contributed by atoms with van der Waals surface area (Å²) in [6.45, 7) is -0.689. The van der Waals surface area contributed by atoms with Crippen molar-refractivity contribution in [3.8, 4) is 0 Å². The molecule has 1 aliphatic heterocycles. The molecule has 22 heavy (non-hydrogen) atoms. The Hall–Kier alpha value is -2.53. The van der Waals surface area contributed by atoms with Crippen molar-refractivity contribution in [2.75, 3.05) is 6.73 Å². The van der Waals surface area contributed by atoms with Gasteiger partial charge < -0.3 is 9.84 Å². The van der Waals surface area contributed by atoms with Crippen molar-refractivity contribution < 1.29 is 32.8 Å². The van der Waals surface area contributed by atoms with Crippen LogP contribution < -0.4 is 0 Å². The van der Waals surface area contributed by atoms with E-state index in [1.807, 2.05) is 0 Å². The monoisotopic (exact) mass is 330 g/mol. The minimum Gasteiger partial charge on any atom is -0.481 e. The molecule has 0 aliphatic carbocycles. The Labute approximate surface area is 124 Å². The van der Waals surface area contributed by atoms with E-state index in [-0.39, 0.29) is 0 Å². The Morgan fingerprint density at radius 1 is 1.45 bits per heavy atom. The second kappa shape index (κ2) is 5.69. The van der Waals surface area contributed by atoms with E-state index < -0.39 is 56.7 Å². The summed E-state index contributed by atoms with van der Waals surface area (Å²) in [6, 6.07) is 3.02. The molecule has 0 aromatic heterocycles. The van der Waals surface area contributed by atoms with Gasteiger partial charge in [0.1, 0.15) is 6.04 Å². The van der Waals surface area contributed by atoms with Gasteiger partial charge in [0.2, 0.25) is 0 Å². The Morgan fingerprint density at radius 3 is 2.68 bits per heavy atom. The normalized spacial score (nSPS) is 18.9. The molecule has 118 valence electrons. The lowest BCUT2D eigenvalue weighted by Gasteiger charge is -2.18. The molecule has 0 amide bonds.